The molecule has 2 N–H and O–H groups in total. The predicted octanol–water partition coefficient (Wildman–Crippen LogP) is -1.20. The van der Waals surface area contributed by atoms with Crippen molar-refractivity contribution < 1.29 is 9.90 Å². The summed E-state index contributed by atoms with van der Waals surface area (Å²) in [5, 5.41) is 11.4. The first-order valence-electron chi connectivity index (χ1n) is 3.88. The number of rotatable bonds is 2. The van der Waals surface area contributed by atoms with Crippen LogP contribution in [-0.2, 0) is 4.79 Å². The summed E-state index contributed by atoms with van der Waals surface area (Å²) in [4.78, 5) is 13.0. The number of hydrogen-bond donors (Lipinski definition) is 2. The van der Waals surface area contributed by atoms with Gasteiger partial charge in [0.05, 0.1) is 12.6 Å². The van der Waals surface area contributed by atoms with Crippen molar-refractivity contribution in [3.63, 3.8) is 0 Å². The number of carbonyl (C=O) groups is 1. The lowest BCUT2D eigenvalue weighted by Gasteiger charge is -2.31. The molecule has 1 aliphatic rings. The Morgan fingerprint density at radius 1 is 1.82 bits per heavy atom. The van der Waals surface area contributed by atoms with Gasteiger partial charge in [-0.1, -0.05) is 0 Å². The minimum absolute atomic E-state index is 0.0599. The summed E-state index contributed by atoms with van der Waals surface area (Å²) in [6.45, 7) is 4.10. The average molecular weight is 158 g/mol. The van der Waals surface area contributed by atoms with Crippen LogP contribution in [-0.4, -0.2) is 48.2 Å². The van der Waals surface area contributed by atoms with E-state index in [0.29, 0.717) is 13.1 Å². The molecule has 4 nitrogen and oxygen atoms in total. The van der Waals surface area contributed by atoms with Crippen LogP contribution in [0.15, 0.2) is 0 Å². The van der Waals surface area contributed by atoms with Gasteiger partial charge in [-0.05, 0) is 6.92 Å². The molecule has 4 heteroatoms. The van der Waals surface area contributed by atoms with E-state index in [9.17, 15) is 4.79 Å². The fourth-order valence-corrected chi connectivity index (χ4v) is 1.26. The van der Waals surface area contributed by atoms with Crippen LogP contribution in [0.4, 0.5) is 0 Å². The number of aliphatic hydroxyl groups is 1. The van der Waals surface area contributed by atoms with Gasteiger partial charge in [-0.3, -0.25) is 9.69 Å². The lowest BCUT2D eigenvalue weighted by Crippen LogP contribution is -2.54. The Kier molecular flexibility index (Phi) is 2.84. The van der Waals surface area contributed by atoms with E-state index in [4.69, 9.17) is 5.11 Å². The molecular weight excluding hydrogens is 144 g/mol. The fourth-order valence-electron chi connectivity index (χ4n) is 1.26. The van der Waals surface area contributed by atoms with Crippen molar-refractivity contribution in [1.82, 2.24) is 10.2 Å². The van der Waals surface area contributed by atoms with Crippen LogP contribution in [0.3, 0.4) is 0 Å². The number of nitrogens with one attached hydrogen (secondary N) is 1. The maximum atomic E-state index is 11.0. The molecule has 0 bridgehead atoms. The van der Waals surface area contributed by atoms with Crippen LogP contribution in [0.2, 0.25) is 0 Å². The molecule has 1 heterocycles. The van der Waals surface area contributed by atoms with E-state index < -0.39 is 0 Å². The zero-order chi connectivity index (χ0) is 8.27. The lowest BCUT2D eigenvalue weighted by molar-refractivity contribution is -0.128. The zero-order valence-electron chi connectivity index (χ0n) is 6.71. The van der Waals surface area contributed by atoms with Gasteiger partial charge in [0.1, 0.15) is 0 Å². The van der Waals surface area contributed by atoms with Crippen molar-refractivity contribution in [3.05, 3.63) is 0 Å². The largest absolute Gasteiger partial charge is 0.395 e. The molecule has 0 radical (unpaired) electrons. The summed E-state index contributed by atoms with van der Waals surface area (Å²) in [6.07, 6.45) is 0. The van der Waals surface area contributed by atoms with Gasteiger partial charge < -0.3 is 10.4 Å². The van der Waals surface area contributed by atoms with E-state index in [2.05, 4.69) is 5.32 Å². The number of hydrogen-bond acceptors (Lipinski definition) is 3. The van der Waals surface area contributed by atoms with Crippen LogP contribution < -0.4 is 5.32 Å². The Morgan fingerprint density at radius 3 is 3.18 bits per heavy atom. The van der Waals surface area contributed by atoms with Crippen molar-refractivity contribution in [3.8, 4) is 0 Å². The summed E-state index contributed by atoms with van der Waals surface area (Å²) in [5.41, 5.74) is 0. The van der Waals surface area contributed by atoms with E-state index in [1.165, 1.54) is 0 Å². The number of piperazine rings is 1. The maximum absolute atomic E-state index is 11.0. The molecule has 1 saturated heterocycles. The number of carbonyl (C=O) groups excluding carboxylic acids is 1. The van der Waals surface area contributed by atoms with Gasteiger partial charge in [0.2, 0.25) is 5.91 Å². The third-order valence-electron chi connectivity index (χ3n) is 2.01. The second-order valence-electron chi connectivity index (χ2n) is 2.73. The van der Waals surface area contributed by atoms with Crippen molar-refractivity contribution in [1.29, 1.82) is 0 Å². The van der Waals surface area contributed by atoms with Gasteiger partial charge in [-0.2, -0.15) is 0 Å². The van der Waals surface area contributed by atoms with Crippen LogP contribution in [0, 0.1) is 0 Å². The monoisotopic (exact) mass is 158 g/mol. The number of aliphatic hydroxyl groups excluding tert-OH is 1. The van der Waals surface area contributed by atoms with Crippen molar-refractivity contribution >= 4 is 5.91 Å². The molecule has 0 aromatic heterocycles. The molecule has 0 unspecified atom stereocenters. The van der Waals surface area contributed by atoms with Crippen molar-refractivity contribution in [2.75, 3.05) is 26.2 Å². The zero-order valence-corrected chi connectivity index (χ0v) is 6.71. The molecule has 0 spiro atoms. The molecule has 1 atom stereocenters. The van der Waals surface area contributed by atoms with E-state index in [-0.39, 0.29) is 18.6 Å². The van der Waals surface area contributed by atoms with Crippen LogP contribution >= 0.6 is 0 Å². The van der Waals surface area contributed by atoms with E-state index in [0.717, 1.165) is 6.54 Å². The Labute approximate surface area is 66.2 Å². The molecule has 0 aromatic rings. The molecule has 1 fully saturated rings. The number of nitrogens with zero attached hydrogens (tertiary/aromatic N) is 1. The third kappa shape index (κ3) is 1.91. The summed E-state index contributed by atoms with van der Waals surface area (Å²) < 4.78 is 0. The molecule has 1 amide bonds. The van der Waals surface area contributed by atoms with Crippen LogP contribution in [0.5, 0.6) is 0 Å². The fraction of sp³-hybridized carbons (Fsp3) is 0.857. The van der Waals surface area contributed by atoms with Gasteiger partial charge in [-0.25, -0.2) is 0 Å². The Balaban J connectivity index is 2.44. The first kappa shape index (κ1) is 8.49. The molecule has 64 valence electrons. The van der Waals surface area contributed by atoms with Crippen LogP contribution in [0.1, 0.15) is 6.92 Å². The standard InChI is InChI=1S/C7H14N2O2/c1-6-7(11)8-2-3-9(6)4-5-10/h6,10H,2-5H2,1H3,(H,8,11)/t6-/m0/s1. The highest BCUT2D eigenvalue weighted by atomic mass is 16.3. The van der Waals surface area contributed by atoms with E-state index in [1.54, 1.807) is 0 Å². The Bertz CT molecular complexity index is 147. The highest BCUT2D eigenvalue weighted by Crippen LogP contribution is 2.01. The summed E-state index contributed by atoms with van der Waals surface area (Å²) >= 11 is 0. The van der Waals surface area contributed by atoms with Crippen molar-refractivity contribution in [2.45, 2.75) is 13.0 Å². The summed E-state index contributed by atoms with van der Waals surface area (Å²) in [6, 6.07) is -0.0871. The predicted molar refractivity (Wildman–Crippen MR) is 41.1 cm³/mol. The number of β-amino-alcohol motifs (C(OH)–C–C–N with tert-alkyl or cyclic N) is 1. The topological polar surface area (TPSA) is 52.6 Å². The number of amides is 1. The second kappa shape index (κ2) is 3.69. The van der Waals surface area contributed by atoms with Gasteiger partial charge in [0, 0.05) is 19.6 Å². The SMILES string of the molecule is C[C@H]1C(=O)NCCN1CCO. The highest BCUT2D eigenvalue weighted by molar-refractivity contribution is 5.81. The minimum Gasteiger partial charge on any atom is -0.395 e. The Morgan fingerprint density at radius 2 is 2.55 bits per heavy atom. The maximum Gasteiger partial charge on any atom is 0.237 e. The molecule has 1 aliphatic heterocycles. The molecule has 0 saturated carbocycles. The quantitative estimate of drug-likeness (QED) is 0.530. The average Bonchev–Trinajstić information content (AvgIpc) is 1.99. The highest BCUT2D eigenvalue weighted by Gasteiger charge is 2.24. The third-order valence-corrected chi connectivity index (χ3v) is 2.01. The first-order chi connectivity index (χ1) is 5.25. The van der Waals surface area contributed by atoms with Crippen molar-refractivity contribution in [2.24, 2.45) is 0 Å². The lowest BCUT2D eigenvalue weighted by atomic mass is 10.2. The molecular formula is C7H14N2O2. The molecule has 0 aliphatic carbocycles. The molecule has 1 rings (SSSR count). The molecule has 11 heavy (non-hydrogen) atoms. The van der Waals surface area contributed by atoms with E-state index >= 15 is 0 Å². The van der Waals surface area contributed by atoms with Gasteiger partial charge >= 0.3 is 0 Å². The normalized spacial score (nSPS) is 26.7. The van der Waals surface area contributed by atoms with Gasteiger partial charge in [-0.15, -0.1) is 0 Å². The van der Waals surface area contributed by atoms with Gasteiger partial charge in [0.25, 0.3) is 0 Å². The van der Waals surface area contributed by atoms with Gasteiger partial charge in [0.15, 0.2) is 0 Å². The Hall–Kier alpha value is -0.610. The summed E-state index contributed by atoms with van der Waals surface area (Å²) in [7, 11) is 0. The van der Waals surface area contributed by atoms with E-state index in [1.807, 2.05) is 11.8 Å². The summed E-state index contributed by atoms with van der Waals surface area (Å²) in [5.74, 6) is 0.0599. The first-order valence-corrected chi connectivity index (χ1v) is 3.88. The smallest absolute Gasteiger partial charge is 0.237 e. The second-order valence-corrected chi connectivity index (χ2v) is 2.73. The molecule has 0 aromatic carbocycles. The minimum atomic E-state index is -0.0871. The van der Waals surface area contributed by atoms with Crippen LogP contribution in [0.25, 0.3) is 0 Å².